The van der Waals surface area contributed by atoms with Crippen LogP contribution in [0.4, 0.5) is 16.2 Å². The molecule has 21 heavy (non-hydrogen) atoms. The molecule has 0 aliphatic heterocycles. The summed E-state index contributed by atoms with van der Waals surface area (Å²) in [6, 6.07) is 6.21. The number of anilines is 2. The lowest BCUT2D eigenvalue weighted by Gasteiger charge is -2.12. The second kappa shape index (κ2) is 8.26. The second-order valence-electron chi connectivity index (χ2n) is 5.21. The largest absolute Gasteiger partial charge is 0.336 e. The van der Waals surface area contributed by atoms with E-state index in [1.807, 2.05) is 20.8 Å². The summed E-state index contributed by atoms with van der Waals surface area (Å²) >= 11 is 0. The smallest absolute Gasteiger partial charge is 0.319 e. The first-order valence-corrected chi connectivity index (χ1v) is 7.16. The number of rotatable bonds is 6. The van der Waals surface area contributed by atoms with E-state index in [1.54, 1.807) is 24.3 Å². The highest BCUT2D eigenvalue weighted by atomic mass is 16.2. The first-order chi connectivity index (χ1) is 9.92. The van der Waals surface area contributed by atoms with E-state index >= 15 is 0 Å². The molecule has 0 bridgehead atoms. The van der Waals surface area contributed by atoms with Crippen molar-refractivity contribution in [1.29, 1.82) is 0 Å². The molecular weight excluding hydrogens is 268 g/mol. The molecule has 1 atom stereocenters. The van der Waals surface area contributed by atoms with Gasteiger partial charge >= 0.3 is 6.03 Å². The average molecular weight is 292 g/mol. The Labute approximate surface area is 125 Å². The number of carbonyl (C=O) groups excluding carboxylic acids is 2. The van der Waals surface area contributed by atoms with E-state index in [-0.39, 0.29) is 18.0 Å². The van der Waals surface area contributed by atoms with Gasteiger partial charge in [-0.15, -0.1) is 0 Å². The van der Waals surface area contributed by atoms with Crippen molar-refractivity contribution in [1.82, 2.24) is 5.32 Å². The van der Waals surface area contributed by atoms with Gasteiger partial charge in [-0.25, -0.2) is 4.79 Å². The molecule has 0 aliphatic rings. The van der Waals surface area contributed by atoms with Crippen LogP contribution in [0.2, 0.25) is 0 Å². The lowest BCUT2D eigenvalue weighted by molar-refractivity contribution is -0.117. The molecule has 1 aromatic carbocycles. The molecule has 0 heterocycles. The summed E-state index contributed by atoms with van der Waals surface area (Å²) in [4.78, 5) is 23.3. The molecule has 6 heteroatoms. The van der Waals surface area contributed by atoms with Gasteiger partial charge in [-0.1, -0.05) is 13.3 Å². The average Bonchev–Trinajstić information content (AvgIpc) is 2.40. The topological polar surface area (TPSA) is 96.2 Å². The zero-order valence-electron chi connectivity index (χ0n) is 12.8. The van der Waals surface area contributed by atoms with E-state index in [9.17, 15) is 9.59 Å². The molecule has 0 aromatic heterocycles. The van der Waals surface area contributed by atoms with Crippen LogP contribution >= 0.6 is 0 Å². The maximum Gasteiger partial charge on any atom is 0.319 e. The lowest BCUT2D eigenvalue weighted by atomic mass is 10.1. The summed E-state index contributed by atoms with van der Waals surface area (Å²) in [5, 5.41) is 8.19. The Hall–Kier alpha value is -2.08. The number of nitrogens with two attached hydrogens (primary N) is 1. The molecule has 1 rings (SSSR count). The molecule has 0 radical (unpaired) electrons. The molecule has 5 N–H and O–H groups in total. The maximum atomic E-state index is 11.8. The number of urea groups is 1. The molecule has 1 aromatic rings. The zero-order valence-corrected chi connectivity index (χ0v) is 12.8. The van der Waals surface area contributed by atoms with Crippen LogP contribution in [0, 0.1) is 0 Å². The summed E-state index contributed by atoms with van der Waals surface area (Å²) in [6.07, 6.45) is 1.52. The van der Waals surface area contributed by atoms with Gasteiger partial charge in [0.15, 0.2) is 0 Å². The van der Waals surface area contributed by atoms with Crippen LogP contribution in [0.25, 0.3) is 0 Å². The monoisotopic (exact) mass is 292 g/mol. The number of benzene rings is 1. The highest BCUT2D eigenvalue weighted by Gasteiger charge is 2.12. The van der Waals surface area contributed by atoms with Crippen LogP contribution in [0.15, 0.2) is 24.3 Å². The fourth-order valence-electron chi connectivity index (χ4n) is 1.74. The third kappa shape index (κ3) is 6.27. The third-order valence-electron chi connectivity index (χ3n) is 2.77. The van der Waals surface area contributed by atoms with Crippen molar-refractivity contribution >= 4 is 23.3 Å². The molecule has 0 fully saturated rings. The molecule has 6 nitrogen and oxygen atoms in total. The number of carbonyl (C=O) groups is 2. The van der Waals surface area contributed by atoms with Gasteiger partial charge in [0.25, 0.3) is 0 Å². The van der Waals surface area contributed by atoms with Crippen LogP contribution in [0.3, 0.4) is 0 Å². The number of hydrogen-bond donors (Lipinski definition) is 4. The van der Waals surface area contributed by atoms with Gasteiger partial charge in [0.05, 0.1) is 6.04 Å². The van der Waals surface area contributed by atoms with E-state index in [1.165, 1.54) is 0 Å². The van der Waals surface area contributed by atoms with Gasteiger partial charge in [0.1, 0.15) is 0 Å². The van der Waals surface area contributed by atoms with Crippen molar-refractivity contribution in [2.45, 2.75) is 45.7 Å². The highest BCUT2D eigenvalue weighted by Crippen LogP contribution is 2.14. The zero-order chi connectivity index (χ0) is 15.8. The minimum atomic E-state index is -0.496. The summed E-state index contributed by atoms with van der Waals surface area (Å²) in [7, 11) is 0. The fourth-order valence-corrected chi connectivity index (χ4v) is 1.74. The second-order valence-corrected chi connectivity index (χ2v) is 5.21. The molecule has 116 valence electrons. The first-order valence-electron chi connectivity index (χ1n) is 7.16. The standard InChI is InChI=1S/C15H24N4O2/c1-4-5-13(16)14(20)18-11-6-8-12(9-7-11)19-15(21)17-10(2)3/h6-10,13H,4-5,16H2,1-3H3,(H,18,20)(H2,17,19,21). The molecule has 3 amide bonds. The fraction of sp³-hybridized carbons (Fsp3) is 0.467. The van der Waals surface area contributed by atoms with E-state index in [4.69, 9.17) is 5.73 Å². The number of amides is 3. The summed E-state index contributed by atoms with van der Waals surface area (Å²) in [5.41, 5.74) is 7.05. The van der Waals surface area contributed by atoms with E-state index in [0.29, 0.717) is 17.8 Å². The predicted octanol–water partition coefficient (Wildman–Crippen LogP) is 2.28. The normalized spacial score (nSPS) is 11.9. The van der Waals surface area contributed by atoms with Gasteiger partial charge in [-0.2, -0.15) is 0 Å². The third-order valence-corrected chi connectivity index (χ3v) is 2.77. The van der Waals surface area contributed by atoms with E-state index in [2.05, 4.69) is 16.0 Å². The Kier molecular flexibility index (Phi) is 6.68. The predicted molar refractivity (Wildman–Crippen MR) is 85.2 cm³/mol. The van der Waals surface area contributed by atoms with E-state index < -0.39 is 6.04 Å². The summed E-state index contributed by atoms with van der Waals surface area (Å²) in [6.45, 7) is 5.76. The van der Waals surface area contributed by atoms with Gasteiger partial charge in [-0.3, -0.25) is 4.79 Å². The molecular formula is C15H24N4O2. The quantitative estimate of drug-likeness (QED) is 0.647. The van der Waals surface area contributed by atoms with Gasteiger partial charge in [0.2, 0.25) is 5.91 Å². The van der Waals surface area contributed by atoms with E-state index in [0.717, 1.165) is 6.42 Å². The Morgan fingerprint density at radius 3 is 2.10 bits per heavy atom. The summed E-state index contributed by atoms with van der Waals surface area (Å²) < 4.78 is 0. The highest BCUT2D eigenvalue weighted by molar-refractivity contribution is 5.95. The molecule has 0 spiro atoms. The Balaban J connectivity index is 2.54. The number of nitrogens with one attached hydrogen (secondary N) is 3. The minimum Gasteiger partial charge on any atom is -0.336 e. The van der Waals surface area contributed by atoms with Gasteiger partial charge in [0, 0.05) is 17.4 Å². The van der Waals surface area contributed by atoms with Crippen molar-refractivity contribution < 1.29 is 9.59 Å². The molecule has 0 saturated carbocycles. The Morgan fingerprint density at radius 2 is 1.62 bits per heavy atom. The van der Waals surface area contributed by atoms with Crippen LogP contribution in [-0.4, -0.2) is 24.0 Å². The maximum absolute atomic E-state index is 11.8. The lowest BCUT2D eigenvalue weighted by Crippen LogP contribution is -2.35. The van der Waals surface area contributed by atoms with Crippen LogP contribution in [0.5, 0.6) is 0 Å². The van der Waals surface area contributed by atoms with Crippen molar-refractivity contribution in [3.05, 3.63) is 24.3 Å². The van der Waals surface area contributed by atoms with Crippen LogP contribution in [0.1, 0.15) is 33.6 Å². The first kappa shape index (κ1) is 17.0. The number of hydrogen-bond acceptors (Lipinski definition) is 3. The van der Waals surface area contributed by atoms with Gasteiger partial charge < -0.3 is 21.7 Å². The van der Waals surface area contributed by atoms with Crippen LogP contribution < -0.4 is 21.7 Å². The summed E-state index contributed by atoms with van der Waals surface area (Å²) in [5.74, 6) is -0.199. The minimum absolute atomic E-state index is 0.0728. The van der Waals surface area contributed by atoms with Crippen molar-refractivity contribution in [3.63, 3.8) is 0 Å². The van der Waals surface area contributed by atoms with Crippen LogP contribution in [-0.2, 0) is 4.79 Å². The Morgan fingerprint density at radius 1 is 1.10 bits per heavy atom. The van der Waals surface area contributed by atoms with Gasteiger partial charge in [-0.05, 0) is 44.5 Å². The van der Waals surface area contributed by atoms with Crippen molar-refractivity contribution in [2.75, 3.05) is 10.6 Å². The van der Waals surface area contributed by atoms with Crippen molar-refractivity contribution in [2.24, 2.45) is 5.73 Å². The SMILES string of the molecule is CCCC(N)C(=O)Nc1ccc(NC(=O)NC(C)C)cc1. The Bertz CT molecular complexity index is 471. The molecule has 0 saturated heterocycles. The molecule has 1 unspecified atom stereocenters. The van der Waals surface area contributed by atoms with Crippen molar-refractivity contribution in [3.8, 4) is 0 Å². The molecule has 0 aliphatic carbocycles.